The first kappa shape index (κ1) is 14.8. The number of carbonyl (C=O) groups is 1. The topological polar surface area (TPSA) is 53.4 Å². The number of esters is 1. The fourth-order valence-electron chi connectivity index (χ4n) is 2.53. The summed E-state index contributed by atoms with van der Waals surface area (Å²) in [5, 5.41) is 0. The summed E-state index contributed by atoms with van der Waals surface area (Å²) in [5.74, 6) is -1.09. The first-order valence-corrected chi connectivity index (χ1v) is 7.59. The van der Waals surface area contributed by atoms with E-state index in [4.69, 9.17) is 9.47 Å². The molecule has 0 radical (unpaired) electrons. The molecule has 0 amide bonds. The molecule has 0 spiro atoms. The Bertz CT molecular complexity index is 647. The summed E-state index contributed by atoms with van der Waals surface area (Å²) in [6.07, 6.45) is 4.72. The van der Waals surface area contributed by atoms with Gasteiger partial charge in [-0.1, -0.05) is 30.3 Å². The molecule has 1 unspecified atom stereocenters. The predicted octanol–water partition coefficient (Wildman–Crippen LogP) is 3.18. The van der Waals surface area contributed by atoms with Gasteiger partial charge >= 0.3 is 5.97 Å². The summed E-state index contributed by atoms with van der Waals surface area (Å²) in [6, 6.07) is 10.0. The maximum Gasteiger partial charge on any atom is 0.359 e. The first-order chi connectivity index (χ1) is 10.7. The fraction of sp³-hybridized carbons (Fsp3) is 0.412. The van der Waals surface area contributed by atoms with Crippen molar-refractivity contribution < 1.29 is 14.3 Å². The van der Waals surface area contributed by atoms with Crippen molar-refractivity contribution in [2.45, 2.75) is 38.5 Å². The Balaban J connectivity index is 1.79. The smallest absolute Gasteiger partial charge is 0.359 e. The van der Waals surface area contributed by atoms with Crippen LogP contribution in [0.15, 0.2) is 42.9 Å². The van der Waals surface area contributed by atoms with Crippen LogP contribution in [0.5, 0.6) is 0 Å². The van der Waals surface area contributed by atoms with Crippen LogP contribution < -0.4 is 0 Å². The average molecular weight is 300 g/mol. The van der Waals surface area contributed by atoms with E-state index < -0.39 is 5.79 Å². The molecule has 1 aliphatic carbocycles. The fourth-order valence-corrected chi connectivity index (χ4v) is 2.53. The number of imidazole rings is 1. The van der Waals surface area contributed by atoms with Gasteiger partial charge in [-0.2, -0.15) is 0 Å². The lowest BCUT2D eigenvalue weighted by atomic mass is 10.1. The van der Waals surface area contributed by atoms with Crippen molar-refractivity contribution in [3.63, 3.8) is 0 Å². The minimum absolute atomic E-state index is 0.00787. The molecule has 116 valence electrons. The van der Waals surface area contributed by atoms with E-state index >= 15 is 0 Å². The summed E-state index contributed by atoms with van der Waals surface area (Å²) >= 11 is 0. The molecule has 22 heavy (non-hydrogen) atoms. The van der Waals surface area contributed by atoms with Gasteiger partial charge in [0.2, 0.25) is 5.79 Å². The van der Waals surface area contributed by atoms with Gasteiger partial charge in [0.15, 0.2) is 0 Å². The van der Waals surface area contributed by atoms with Crippen molar-refractivity contribution in [3.8, 4) is 0 Å². The van der Waals surface area contributed by atoms with Gasteiger partial charge in [0, 0.05) is 19.4 Å². The van der Waals surface area contributed by atoms with E-state index in [-0.39, 0.29) is 12.0 Å². The molecule has 1 atom stereocenters. The summed E-state index contributed by atoms with van der Waals surface area (Å²) in [7, 11) is 0. The highest BCUT2D eigenvalue weighted by Crippen LogP contribution is 2.41. The molecule has 0 saturated heterocycles. The molecule has 0 N–H and O–H groups in total. The number of rotatable bonds is 6. The van der Waals surface area contributed by atoms with E-state index in [2.05, 4.69) is 4.98 Å². The van der Waals surface area contributed by atoms with E-state index in [9.17, 15) is 4.79 Å². The van der Waals surface area contributed by atoms with Crippen LogP contribution in [0.2, 0.25) is 0 Å². The van der Waals surface area contributed by atoms with Crippen molar-refractivity contribution in [1.82, 2.24) is 9.55 Å². The Hall–Kier alpha value is -2.14. The molecule has 1 aromatic heterocycles. The summed E-state index contributed by atoms with van der Waals surface area (Å²) in [5.41, 5.74) is 1.56. The van der Waals surface area contributed by atoms with E-state index in [1.807, 2.05) is 48.7 Å². The largest absolute Gasteiger partial charge is 0.428 e. The molecule has 5 nitrogen and oxygen atoms in total. The van der Waals surface area contributed by atoms with Crippen molar-refractivity contribution in [1.29, 1.82) is 0 Å². The number of carbonyl (C=O) groups excluding carboxylic acids is 1. The van der Waals surface area contributed by atoms with Crippen molar-refractivity contribution >= 4 is 5.97 Å². The SMILES string of the molecule is CCOC1(OC(=O)c2cncn2C(C)c2ccccc2)CC1. The van der Waals surface area contributed by atoms with Gasteiger partial charge in [-0.15, -0.1) is 0 Å². The third-order valence-electron chi connectivity index (χ3n) is 3.92. The Morgan fingerprint density at radius 3 is 2.73 bits per heavy atom. The minimum atomic E-state index is -0.711. The zero-order chi connectivity index (χ0) is 15.6. The highest BCUT2D eigenvalue weighted by Gasteiger charge is 2.48. The first-order valence-electron chi connectivity index (χ1n) is 7.59. The molecule has 3 rings (SSSR count). The van der Waals surface area contributed by atoms with Crippen LogP contribution in [0.3, 0.4) is 0 Å². The van der Waals surface area contributed by atoms with Crippen molar-refractivity contribution in [2.24, 2.45) is 0 Å². The molecule has 2 aromatic rings. The van der Waals surface area contributed by atoms with Crippen LogP contribution in [0.25, 0.3) is 0 Å². The van der Waals surface area contributed by atoms with Crippen LogP contribution in [-0.2, 0) is 9.47 Å². The summed E-state index contributed by atoms with van der Waals surface area (Å²) in [4.78, 5) is 16.5. The van der Waals surface area contributed by atoms with Crippen LogP contribution in [-0.4, -0.2) is 27.9 Å². The molecule has 1 heterocycles. The molecule has 0 aliphatic heterocycles. The second-order valence-electron chi connectivity index (χ2n) is 5.51. The Labute approximate surface area is 129 Å². The normalized spacial score (nSPS) is 17.0. The summed E-state index contributed by atoms with van der Waals surface area (Å²) in [6.45, 7) is 4.46. The van der Waals surface area contributed by atoms with E-state index in [1.165, 1.54) is 0 Å². The lowest BCUT2D eigenvalue weighted by Gasteiger charge is -2.19. The van der Waals surface area contributed by atoms with Crippen LogP contribution in [0.4, 0.5) is 0 Å². The molecule has 5 heteroatoms. The number of nitrogens with zero attached hydrogens (tertiary/aromatic N) is 2. The number of hydrogen-bond donors (Lipinski definition) is 0. The Morgan fingerprint density at radius 2 is 2.09 bits per heavy atom. The molecule has 0 bridgehead atoms. The molecule has 1 saturated carbocycles. The van der Waals surface area contributed by atoms with E-state index in [0.717, 1.165) is 18.4 Å². The van der Waals surface area contributed by atoms with Crippen molar-refractivity contribution in [3.05, 3.63) is 54.1 Å². The number of benzene rings is 1. The van der Waals surface area contributed by atoms with Crippen LogP contribution in [0, 0.1) is 0 Å². The maximum absolute atomic E-state index is 12.4. The van der Waals surface area contributed by atoms with Crippen LogP contribution in [0.1, 0.15) is 48.8 Å². The minimum Gasteiger partial charge on any atom is -0.428 e. The zero-order valence-electron chi connectivity index (χ0n) is 12.9. The molecule has 1 fully saturated rings. The lowest BCUT2D eigenvalue weighted by Crippen LogP contribution is -2.25. The second kappa shape index (κ2) is 5.93. The summed E-state index contributed by atoms with van der Waals surface area (Å²) < 4.78 is 12.9. The molecule has 1 aliphatic rings. The molecule has 1 aromatic carbocycles. The zero-order valence-corrected chi connectivity index (χ0v) is 12.9. The number of hydrogen-bond acceptors (Lipinski definition) is 4. The van der Waals surface area contributed by atoms with Crippen molar-refractivity contribution in [2.75, 3.05) is 6.61 Å². The standard InChI is InChI=1S/C17H20N2O3/c1-3-21-17(9-10-17)22-16(20)15-11-18-12-19(15)13(2)14-7-5-4-6-8-14/h4-8,11-13H,3,9-10H2,1-2H3. The Morgan fingerprint density at radius 1 is 1.36 bits per heavy atom. The quantitative estimate of drug-likeness (QED) is 0.607. The molecular formula is C17H20N2O3. The predicted molar refractivity (Wildman–Crippen MR) is 81.5 cm³/mol. The highest BCUT2D eigenvalue weighted by atomic mass is 16.7. The van der Waals surface area contributed by atoms with Crippen LogP contribution >= 0.6 is 0 Å². The average Bonchev–Trinajstić information content (AvgIpc) is 3.11. The molecular weight excluding hydrogens is 280 g/mol. The van der Waals surface area contributed by atoms with Gasteiger partial charge in [0.25, 0.3) is 0 Å². The van der Waals surface area contributed by atoms with E-state index in [1.54, 1.807) is 12.5 Å². The third kappa shape index (κ3) is 2.90. The third-order valence-corrected chi connectivity index (χ3v) is 3.92. The van der Waals surface area contributed by atoms with Gasteiger partial charge in [-0.05, 0) is 19.4 Å². The Kier molecular flexibility index (Phi) is 3.98. The number of aromatic nitrogens is 2. The van der Waals surface area contributed by atoms with E-state index in [0.29, 0.717) is 12.3 Å². The van der Waals surface area contributed by atoms with Gasteiger partial charge in [-0.25, -0.2) is 9.78 Å². The van der Waals surface area contributed by atoms with Gasteiger partial charge in [-0.3, -0.25) is 0 Å². The number of ether oxygens (including phenoxy) is 2. The van der Waals surface area contributed by atoms with Gasteiger partial charge < -0.3 is 14.0 Å². The van der Waals surface area contributed by atoms with Gasteiger partial charge in [0.05, 0.1) is 18.6 Å². The lowest BCUT2D eigenvalue weighted by molar-refractivity contribution is -0.129. The van der Waals surface area contributed by atoms with Gasteiger partial charge in [0.1, 0.15) is 5.69 Å². The monoisotopic (exact) mass is 300 g/mol. The second-order valence-corrected chi connectivity index (χ2v) is 5.51. The highest BCUT2D eigenvalue weighted by molar-refractivity contribution is 5.87. The maximum atomic E-state index is 12.4.